The van der Waals surface area contributed by atoms with Crippen LogP contribution in [0.5, 0.6) is 5.75 Å². The number of nitrogen functional groups attached to an aromatic ring is 1. The molecule has 6 heteroatoms. The van der Waals surface area contributed by atoms with Crippen molar-refractivity contribution in [1.82, 2.24) is 5.32 Å². The number of anilines is 1. The van der Waals surface area contributed by atoms with Crippen LogP contribution in [0.3, 0.4) is 0 Å². The summed E-state index contributed by atoms with van der Waals surface area (Å²) in [7, 11) is 1.50. The van der Waals surface area contributed by atoms with Crippen LogP contribution in [0.15, 0.2) is 12.1 Å². The van der Waals surface area contributed by atoms with Crippen molar-refractivity contribution < 1.29 is 14.3 Å². The van der Waals surface area contributed by atoms with E-state index in [1.165, 1.54) is 32.4 Å². The predicted molar refractivity (Wildman–Crippen MR) is 92.2 cm³/mol. The third-order valence-electron chi connectivity index (χ3n) is 4.08. The molecule has 0 saturated heterocycles. The first-order valence-corrected chi connectivity index (χ1v) is 8.52. The number of ether oxygens (including phenoxy) is 2. The number of benzene rings is 1. The summed E-state index contributed by atoms with van der Waals surface area (Å²) in [6.45, 7) is 1.22. The van der Waals surface area contributed by atoms with Crippen LogP contribution < -0.4 is 15.8 Å². The molecule has 0 aliphatic heterocycles. The minimum atomic E-state index is -0.221. The van der Waals surface area contributed by atoms with Crippen molar-refractivity contribution in [2.24, 2.45) is 0 Å². The lowest BCUT2D eigenvalue weighted by Crippen LogP contribution is -2.26. The zero-order valence-corrected chi connectivity index (χ0v) is 14.3. The van der Waals surface area contributed by atoms with Crippen LogP contribution in [-0.4, -0.2) is 32.3 Å². The Bertz CT molecular complexity index is 531. The average molecular weight is 341 g/mol. The number of nitrogens with two attached hydrogens (primary N) is 1. The van der Waals surface area contributed by atoms with Crippen LogP contribution in [0.4, 0.5) is 5.69 Å². The molecule has 128 valence electrons. The second-order valence-corrected chi connectivity index (χ2v) is 6.22. The summed E-state index contributed by atoms with van der Waals surface area (Å²) >= 11 is 5.98. The highest BCUT2D eigenvalue weighted by Crippen LogP contribution is 2.28. The normalized spacial score (nSPS) is 15.4. The molecule has 3 N–H and O–H groups in total. The Morgan fingerprint density at radius 2 is 2.09 bits per heavy atom. The van der Waals surface area contributed by atoms with Gasteiger partial charge in [0.15, 0.2) is 0 Å². The number of hydrogen-bond donors (Lipinski definition) is 2. The number of nitrogens with one attached hydrogen (secondary N) is 1. The summed E-state index contributed by atoms with van der Waals surface area (Å²) < 4.78 is 11.0. The van der Waals surface area contributed by atoms with Gasteiger partial charge in [-0.15, -0.1) is 0 Å². The van der Waals surface area contributed by atoms with Crippen molar-refractivity contribution in [3.05, 3.63) is 22.7 Å². The zero-order chi connectivity index (χ0) is 16.7. The standard InChI is InChI=1S/C17H25ClN2O3/c1-22-16-11-15(19)14(18)10-13(16)17(21)20-8-5-9-23-12-6-3-2-4-7-12/h10-12H,2-9,19H2,1H3,(H,20,21). The molecule has 23 heavy (non-hydrogen) atoms. The molecule has 0 aromatic heterocycles. The first kappa shape index (κ1) is 17.9. The van der Waals surface area contributed by atoms with Crippen molar-refractivity contribution in [3.8, 4) is 5.75 Å². The lowest BCUT2D eigenvalue weighted by Gasteiger charge is -2.21. The minimum Gasteiger partial charge on any atom is -0.496 e. The highest BCUT2D eigenvalue weighted by molar-refractivity contribution is 6.33. The van der Waals surface area contributed by atoms with Gasteiger partial charge in [0.05, 0.1) is 29.5 Å². The molecule has 0 bridgehead atoms. The zero-order valence-electron chi connectivity index (χ0n) is 13.6. The molecule has 1 aliphatic rings. The summed E-state index contributed by atoms with van der Waals surface area (Å²) in [5.41, 5.74) is 6.49. The Labute approximate surface area is 142 Å². The fraction of sp³-hybridized carbons (Fsp3) is 0.588. The van der Waals surface area contributed by atoms with E-state index in [9.17, 15) is 4.79 Å². The van der Waals surface area contributed by atoms with Crippen molar-refractivity contribution >= 4 is 23.2 Å². The Morgan fingerprint density at radius 3 is 2.78 bits per heavy atom. The predicted octanol–water partition coefficient (Wildman–Crippen LogP) is 3.40. The third-order valence-corrected chi connectivity index (χ3v) is 4.40. The average Bonchev–Trinajstić information content (AvgIpc) is 2.57. The van der Waals surface area contributed by atoms with E-state index in [0.29, 0.717) is 41.3 Å². The molecule has 1 aromatic rings. The van der Waals surface area contributed by atoms with E-state index in [4.69, 9.17) is 26.8 Å². The molecule has 5 nitrogen and oxygen atoms in total. The van der Waals surface area contributed by atoms with Crippen LogP contribution >= 0.6 is 11.6 Å². The van der Waals surface area contributed by atoms with Crippen LogP contribution in [0.1, 0.15) is 48.9 Å². The molecule has 0 spiro atoms. The van der Waals surface area contributed by atoms with Crippen LogP contribution in [0, 0.1) is 0 Å². The molecule has 1 saturated carbocycles. The largest absolute Gasteiger partial charge is 0.496 e. The molecule has 1 fully saturated rings. The summed E-state index contributed by atoms with van der Waals surface area (Å²) in [4.78, 5) is 12.2. The van der Waals surface area contributed by atoms with Gasteiger partial charge < -0.3 is 20.5 Å². The van der Waals surface area contributed by atoms with Crippen molar-refractivity contribution in [1.29, 1.82) is 0 Å². The van der Waals surface area contributed by atoms with Gasteiger partial charge in [0.1, 0.15) is 5.75 Å². The molecule has 0 unspecified atom stereocenters. The summed E-state index contributed by atoms with van der Waals surface area (Å²) in [5.74, 6) is 0.198. The van der Waals surface area contributed by atoms with Gasteiger partial charge >= 0.3 is 0 Å². The summed E-state index contributed by atoms with van der Waals surface area (Å²) in [6.07, 6.45) is 7.35. The monoisotopic (exact) mass is 340 g/mol. The van der Waals surface area contributed by atoms with Crippen LogP contribution in [0.25, 0.3) is 0 Å². The van der Waals surface area contributed by atoms with Crippen LogP contribution in [-0.2, 0) is 4.74 Å². The molecule has 1 aliphatic carbocycles. The SMILES string of the molecule is COc1cc(N)c(Cl)cc1C(=O)NCCCOC1CCCCC1. The van der Waals surface area contributed by atoms with Gasteiger partial charge in [-0.2, -0.15) is 0 Å². The number of hydrogen-bond acceptors (Lipinski definition) is 4. The fourth-order valence-corrected chi connectivity index (χ4v) is 2.93. The number of halogens is 1. The van der Waals surface area contributed by atoms with Crippen LogP contribution in [0.2, 0.25) is 5.02 Å². The van der Waals surface area contributed by atoms with Gasteiger partial charge in [-0.1, -0.05) is 30.9 Å². The molecule has 1 amide bonds. The van der Waals surface area contributed by atoms with E-state index >= 15 is 0 Å². The van der Waals surface area contributed by atoms with Gasteiger partial charge in [-0.05, 0) is 25.3 Å². The lowest BCUT2D eigenvalue weighted by molar-refractivity contribution is 0.0273. The van der Waals surface area contributed by atoms with Gasteiger partial charge in [-0.25, -0.2) is 0 Å². The molecule has 0 radical (unpaired) electrons. The van der Waals surface area contributed by atoms with E-state index in [2.05, 4.69) is 5.32 Å². The van der Waals surface area contributed by atoms with Gasteiger partial charge in [0, 0.05) is 19.2 Å². The Morgan fingerprint density at radius 1 is 1.35 bits per heavy atom. The van der Waals surface area contributed by atoms with Crippen molar-refractivity contribution in [2.45, 2.75) is 44.6 Å². The maximum Gasteiger partial charge on any atom is 0.255 e. The summed E-state index contributed by atoms with van der Waals surface area (Å²) in [5, 5.41) is 3.20. The van der Waals surface area contributed by atoms with E-state index in [-0.39, 0.29) is 5.91 Å². The van der Waals surface area contributed by atoms with Crippen molar-refractivity contribution in [2.75, 3.05) is 26.0 Å². The number of methoxy groups -OCH3 is 1. The maximum atomic E-state index is 12.2. The molecular weight excluding hydrogens is 316 g/mol. The first-order chi connectivity index (χ1) is 11.1. The Hall–Kier alpha value is -1.46. The van der Waals surface area contributed by atoms with Gasteiger partial charge in [-0.3, -0.25) is 4.79 Å². The smallest absolute Gasteiger partial charge is 0.255 e. The molecule has 2 rings (SSSR count). The van der Waals surface area contributed by atoms with E-state index < -0.39 is 0 Å². The molecular formula is C17H25ClN2O3. The number of amides is 1. The second-order valence-electron chi connectivity index (χ2n) is 5.81. The minimum absolute atomic E-state index is 0.221. The van der Waals surface area contributed by atoms with E-state index in [0.717, 1.165) is 19.3 Å². The topological polar surface area (TPSA) is 73.6 Å². The van der Waals surface area contributed by atoms with Gasteiger partial charge in [0.2, 0.25) is 0 Å². The van der Waals surface area contributed by atoms with Gasteiger partial charge in [0.25, 0.3) is 5.91 Å². The highest BCUT2D eigenvalue weighted by Gasteiger charge is 2.15. The lowest BCUT2D eigenvalue weighted by atomic mass is 9.98. The van der Waals surface area contributed by atoms with E-state index in [1.807, 2.05) is 0 Å². The summed E-state index contributed by atoms with van der Waals surface area (Å²) in [6, 6.07) is 3.09. The maximum absolute atomic E-state index is 12.2. The Balaban J connectivity index is 1.75. The third kappa shape index (κ3) is 5.29. The first-order valence-electron chi connectivity index (χ1n) is 8.14. The van der Waals surface area contributed by atoms with Crippen molar-refractivity contribution in [3.63, 3.8) is 0 Å². The number of carbonyl (C=O) groups excluding carboxylic acids is 1. The molecule has 1 aromatic carbocycles. The molecule has 0 heterocycles. The fourth-order valence-electron chi connectivity index (χ4n) is 2.77. The number of rotatable bonds is 7. The second kappa shape index (κ2) is 8.99. The Kier molecular flexibility index (Phi) is 6.99. The number of carbonyl (C=O) groups is 1. The molecule has 0 atom stereocenters. The quantitative estimate of drug-likeness (QED) is 0.589. The van der Waals surface area contributed by atoms with E-state index in [1.54, 1.807) is 6.07 Å². The highest BCUT2D eigenvalue weighted by atomic mass is 35.5.